The maximum Gasteiger partial charge on any atom is 0.303 e. The minimum atomic E-state index is -1.61. The third-order valence-corrected chi connectivity index (χ3v) is 6.62. The number of fused-ring (bicyclic) bond motifs is 5. The number of aliphatic hydroxyl groups is 1. The summed E-state index contributed by atoms with van der Waals surface area (Å²) in [5.41, 5.74) is 0.815. The molecule has 5 heteroatoms. The lowest BCUT2D eigenvalue weighted by molar-refractivity contribution is -0.162. The summed E-state index contributed by atoms with van der Waals surface area (Å²) < 4.78 is 4.90. The Bertz CT molecular complexity index is 1040. The summed E-state index contributed by atoms with van der Waals surface area (Å²) in [4.78, 5) is 24.1. The van der Waals surface area contributed by atoms with Gasteiger partial charge in [0.25, 0.3) is 0 Å². The molecule has 0 saturated carbocycles. The Morgan fingerprint density at radius 3 is 2.71 bits per heavy atom. The van der Waals surface area contributed by atoms with Crippen LogP contribution in [-0.4, -0.2) is 34.2 Å². The molecule has 0 amide bonds. The summed E-state index contributed by atoms with van der Waals surface area (Å²) in [7, 11) is 0. The fourth-order valence-electron chi connectivity index (χ4n) is 5.09. The fraction of sp³-hybridized carbons (Fsp3) is 0.391. The standard InChI is InChI=1S/C23H24O5/c1-13-10-20-19-6-4-15-11-16(25)5-7-17(15)18(19)8-9-22(20,3)23(13,27)21(26)12-28-14(2)24/h4-7,10-11,13,25,27H,8-9,12H2,1-3H3/t13-,22-,23-/m0/s1. The summed E-state index contributed by atoms with van der Waals surface area (Å²) in [5.74, 6) is -1.16. The van der Waals surface area contributed by atoms with Crippen LogP contribution < -0.4 is 0 Å². The summed E-state index contributed by atoms with van der Waals surface area (Å²) in [6.07, 6.45) is 3.30. The number of phenols is 1. The van der Waals surface area contributed by atoms with E-state index in [1.54, 1.807) is 12.1 Å². The van der Waals surface area contributed by atoms with E-state index < -0.39 is 35.3 Å². The van der Waals surface area contributed by atoms with Gasteiger partial charge in [0, 0.05) is 18.3 Å². The van der Waals surface area contributed by atoms with Crippen LogP contribution in [0.4, 0.5) is 0 Å². The summed E-state index contributed by atoms with van der Waals surface area (Å²) in [5, 5.41) is 23.4. The van der Waals surface area contributed by atoms with Gasteiger partial charge in [-0.25, -0.2) is 0 Å². The second kappa shape index (κ2) is 6.17. The molecule has 2 aliphatic carbocycles. The van der Waals surface area contributed by atoms with Crippen LogP contribution in [-0.2, 0) is 20.7 Å². The molecule has 0 aromatic heterocycles. The molecule has 5 nitrogen and oxygen atoms in total. The lowest BCUT2D eigenvalue weighted by atomic mass is 9.60. The molecule has 2 aromatic rings. The van der Waals surface area contributed by atoms with Crippen LogP contribution in [0.5, 0.6) is 5.75 Å². The number of Topliss-reactive ketones (excluding diaryl/α,β-unsaturated/α-hetero) is 1. The number of esters is 1. The number of ketones is 1. The van der Waals surface area contributed by atoms with Gasteiger partial charge in [-0.1, -0.05) is 38.1 Å². The molecule has 2 aliphatic rings. The number of benzene rings is 2. The predicted molar refractivity (Wildman–Crippen MR) is 106 cm³/mol. The highest BCUT2D eigenvalue weighted by Gasteiger charge is 2.61. The van der Waals surface area contributed by atoms with Gasteiger partial charge in [-0.05, 0) is 52.4 Å². The average Bonchev–Trinajstić information content (AvgIpc) is 2.87. The van der Waals surface area contributed by atoms with Crippen molar-refractivity contribution in [1.29, 1.82) is 0 Å². The van der Waals surface area contributed by atoms with Gasteiger partial charge in [0.1, 0.15) is 11.4 Å². The Hall–Kier alpha value is -2.66. The summed E-state index contributed by atoms with van der Waals surface area (Å²) in [6, 6.07) is 9.32. The molecule has 0 spiro atoms. The normalized spacial score (nSPS) is 28.4. The van der Waals surface area contributed by atoms with Crippen molar-refractivity contribution in [1.82, 2.24) is 0 Å². The first-order chi connectivity index (χ1) is 13.2. The molecule has 2 N–H and O–H groups in total. The Labute approximate surface area is 163 Å². The molecule has 4 rings (SSSR count). The van der Waals surface area contributed by atoms with Gasteiger partial charge in [0.2, 0.25) is 5.78 Å². The van der Waals surface area contributed by atoms with Gasteiger partial charge >= 0.3 is 5.97 Å². The number of rotatable bonds is 3. The molecule has 28 heavy (non-hydrogen) atoms. The van der Waals surface area contributed by atoms with E-state index in [1.165, 1.54) is 12.5 Å². The van der Waals surface area contributed by atoms with Crippen molar-refractivity contribution >= 4 is 28.1 Å². The zero-order chi connectivity index (χ0) is 20.3. The molecule has 146 valence electrons. The van der Waals surface area contributed by atoms with Crippen molar-refractivity contribution in [2.45, 2.75) is 39.2 Å². The van der Waals surface area contributed by atoms with Crippen molar-refractivity contribution in [3.05, 3.63) is 47.5 Å². The molecule has 0 radical (unpaired) electrons. The van der Waals surface area contributed by atoms with Crippen molar-refractivity contribution < 1.29 is 24.5 Å². The third-order valence-electron chi connectivity index (χ3n) is 6.62. The van der Waals surface area contributed by atoms with Crippen LogP contribution in [0.15, 0.2) is 36.4 Å². The Morgan fingerprint density at radius 1 is 1.25 bits per heavy atom. The molecular weight excluding hydrogens is 356 g/mol. The number of phenolic OH excluding ortho intramolecular Hbond substituents is 1. The van der Waals surface area contributed by atoms with Crippen molar-refractivity contribution in [3.8, 4) is 5.75 Å². The van der Waals surface area contributed by atoms with Crippen LogP contribution in [0.25, 0.3) is 16.3 Å². The van der Waals surface area contributed by atoms with E-state index in [0.717, 1.165) is 21.9 Å². The number of carbonyl (C=O) groups excluding carboxylic acids is 2. The molecule has 0 saturated heterocycles. The van der Waals surface area contributed by atoms with Gasteiger partial charge in [-0.3, -0.25) is 9.59 Å². The van der Waals surface area contributed by atoms with Crippen LogP contribution in [0, 0.1) is 11.3 Å². The molecule has 0 unspecified atom stereocenters. The molecular formula is C23H24O5. The topological polar surface area (TPSA) is 83.8 Å². The van der Waals surface area contributed by atoms with E-state index in [4.69, 9.17) is 4.74 Å². The van der Waals surface area contributed by atoms with Gasteiger partial charge < -0.3 is 14.9 Å². The number of aryl methyl sites for hydroxylation is 1. The minimum Gasteiger partial charge on any atom is -0.508 e. The summed E-state index contributed by atoms with van der Waals surface area (Å²) >= 11 is 0. The van der Waals surface area contributed by atoms with Crippen LogP contribution in [0.1, 0.15) is 38.3 Å². The smallest absolute Gasteiger partial charge is 0.303 e. The van der Waals surface area contributed by atoms with E-state index in [9.17, 15) is 19.8 Å². The maximum absolute atomic E-state index is 12.9. The molecule has 0 fully saturated rings. The van der Waals surface area contributed by atoms with E-state index >= 15 is 0 Å². The van der Waals surface area contributed by atoms with E-state index in [-0.39, 0.29) is 5.75 Å². The van der Waals surface area contributed by atoms with E-state index in [1.807, 2.05) is 38.1 Å². The molecule has 0 heterocycles. The largest absolute Gasteiger partial charge is 0.508 e. The van der Waals surface area contributed by atoms with Gasteiger partial charge in [-0.15, -0.1) is 0 Å². The van der Waals surface area contributed by atoms with Crippen molar-refractivity contribution in [2.24, 2.45) is 11.3 Å². The molecule has 2 aromatic carbocycles. The van der Waals surface area contributed by atoms with Crippen LogP contribution in [0.3, 0.4) is 0 Å². The van der Waals surface area contributed by atoms with E-state index in [2.05, 4.69) is 0 Å². The number of aromatic hydroxyl groups is 1. The van der Waals surface area contributed by atoms with Gasteiger partial charge in [0.05, 0.1) is 0 Å². The second-order valence-corrected chi connectivity index (χ2v) is 8.17. The average molecular weight is 380 g/mol. The molecule has 3 atom stereocenters. The highest BCUT2D eigenvalue weighted by molar-refractivity contribution is 5.99. The first kappa shape index (κ1) is 18.7. The number of hydrogen-bond acceptors (Lipinski definition) is 5. The lowest BCUT2D eigenvalue weighted by Crippen LogP contribution is -2.56. The van der Waals surface area contributed by atoms with Crippen molar-refractivity contribution in [2.75, 3.05) is 6.61 Å². The molecule has 0 aliphatic heterocycles. The first-order valence-electron chi connectivity index (χ1n) is 9.55. The highest BCUT2D eigenvalue weighted by atomic mass is 16.5. The number of hydrogen-bond donors (Lipinski definition) is 2. The maximum atomic E-state index is 12.9. The van der Waals surface area contributed by atoms with Crippen LogP contribution >= 0.6 is 0 Å². The SMILES string of the molecule is CC(=O)OCC(=O)[C@@]1(O)[C@@H](C)C=C2c3ccc4cc(O)ccc4c3CC[C@@]21C. The first-order valence-corrected chi connectivity index (χ1v) is 9.55. The number of ether oxygens (including phenoxy) is 1. The van der Waals surface area contributed by atoms with Gasteiger partial charge in [0.15, 0.2) is 6.61 Å². The van der Waals surface area contributed by atoms with E-state index in [0.29, 0.717) is 12.8 Å². The Kier molecular flexibility index (Phi) is 4.12. The number of carbonyl (C=O) groups is 2. The predicted octanol–water partition coefficient (Wildman–Crippen LogP) is 3.39. The minimum absolute atomic E-state index is 0.229. The van der Waals surface area contributed by atoms with Crippen LogP contribution in [0.2, 0.25) is 0 Å². The summed E-state index contributed by atoms with van der Waals surface area (Å²) in [6.45, 7) is 4.59. The van der Waals surface area contributed by atoms with Gasteiger partial charge in [-0.2, -0.15) is 0 Å². The quantitative estimate of drug-likeness (QED) is 0.798. The Balaban J connectivity index is 1.80. The monoisotopic (exact) mass is 380 g/mol. The fourth-order valence-corrected chi connectivity index (χ4v) is 5.09. The highest BCUT2D eigenvalue weighted by Crippen LogP contribution is 2.59. The Morgan fingerprint density at radius 2 is 2.00 bits per heavy atom. The third kappa shape index (κ3) is 2.42. The zero-order valence-electron chi connectivity index (χ0n) is 16.3. The lowest BCUT2D eigenvalue weighted by Gasteiger charge is -2.45. The second-order valence-electron chi connectivity index (χ2n) is 8.17. The zero-order valence-corrected chi connectivity index (χ0v) is 16.3. The van der Waals surface area contributed by atoms with Crippen molar-refractivity contribution in [3.63, 3.8) is 0 Å². The molecule has 0 bridgehead atoms.